The third-order valence-electron chi connectivity index (χ3n) is 5.44. The van der Waals surface area contributed by atoms with E-state index >= 15 is 0 Å². The first-order chi connectivity index (χ1) is 14.6. The topological polar surface area (TPSA) is 89.2 Å². The Kier molecular flexibility index (Phi) is 6.72. The largest absolute Gasteiger partial charge is 0.323 e. The molecule has 158 valence electrons. The van der Waals surface area contributed by atoms with E-state index in [1.54, 1.807) is 18.2 Å². The fourth-order valence-electron chi connectivity index (χ4n) is 3.83. The zero-order valence-electron chi connectivity index (χ0n) is 16.4. The minimum atomic E-state index is -0.619. The van der Waals surface area contributed by atoms with Gasteiger partial charge in [0.05, 0.1) is 18.3 Å². The van der Waals surface area contributed by atoms with Gasteiger partial charge in [-0.3, -0.25) is 14.5 Å². The van der Waals surface area contributed by atoms with E-state index in [2.05, 4.69) is 9.59 Å². The third-order valence-corrected chi connectivity index (χ3v) is 7.22. The first kappa shape index (κ1) is 21.3. The van der Waals surface area contributed by atoms with Crippen LogP contribution in [0.1, 0.15) is 36.6 Å². The van der Waals surface area contributed by atoms with E-state index in [1.165, 1.54) is 29.4 Å². The highest BCUT2D eigenvalue weighted by Crippen LogP contribution is 2.40. The summed E-state index contributed by atoms with van der Waals surface area (Å²) in [6, 6.07) is 5.90. The van der Waals surface area contributed by atoms with E-state index in [9.17, 15) is 14.0 Å². The van der Waals surface area contributed by atoms with Crippen molar-refractivity contribution < 1.29 is 14.0 Å². The van der Waals surface area contributed by atoms with Crippen molar-refractivity contribution in [1.82, 2.24) is 14.5 Å². The van der Waals surface area contributed by atoms with Crippen molar-refractivity contribution in [3.8, 4) is 0 Å². The molecule has 4 rings (SSSR count). The van der Waals surface area contributed by atoms with Crippen LogP contribution in [0.3, 0.4) is 0 Å². The van der Waals surface area contributed by atoms with Gasteiger partial charge in [0, 0.05) is 35.2 Å². The minimum absolute atomic E-state index is 0.00990. The molecule has 9 heteroatoms. The normalized spacial score (nSPS) is 22.2. The number of carbonyl (C=O) groups excluding carboxylic acids is 2. The van der Waals surface area contributed by atoms with Gasteiger partial charge in [0.2, 0.25) is 5.12 Å². The van der Waals surface area contributed by atoms with Crippen LogP contribution < -0.4 is 5.73 Å². The highest BCUT2D eigenvalue weighted by atomic mass is 32.2. The molecule has 2 aromatic rings. The van der Waals surface area contributed by atoms with Gasteiger partial charge in [-0.15, -0.1) is 5.10 Å². The number of Topliss-reactive ketones (excluding diaryl/α,β-unsaturated/α-hetero) is 1. The Hall–Kier alpha value is -1.94. The lowest BCUT2D eigenvalue weighted by molar-refractivity contribution is -0.126. The number of rotatable bonds is 7. The average molecular weight is 447 g/mol. The quantitative estimate of drug-likeness (QED) is 0.699. The molecule has 6 nitrogen and oxygen atoms in total. The maximum atomic E-state index is 14.7. The van der Waals surface area contributed by atoms with Crippen molar-refractivity contribution in [2.24, 2.45) is 11.7 Å². The molecule has 0 radical (unpaired) electrons. The molecule has 0 spiro atoms. The summed E-state index contributed by atoms with van der Waals surface area (Å²) in [4.78, 5) is 27.2. The number of halogens is 1. The van der Waals surface area contributed by atoms with E-state index in [1.807, 2.05) is 16.4 Å². The van der Waals surface area contributed by atoms with Gasteiger partial charge in [-0.05, 0) is 48.5 Å². The highest BCUT2D eigenvalue weighted by molar-refractivity contribution is 8.14. The van der Waals surface area contributed by atoms with Crippen molar-refractivity contribution in [1.29, 1.82) is 0 Å². The monoisotopic (exact) mass is 446 g/mol. The molecule has 2 heterocycles. The van der Waals surface area contributed by atoms with Gasteiger partial charge in [0.1, 0.15) is 5.82 Å². The van der Waals surface area contributed by atoms with Gasteiger partial charge in [-0.1, -0.05) is 34.4 Å². The summed E-state index contributed by atoms with van der Waals surface area (Å²) in [5.41, 5.74) is 7.63. The Bertz CT molecular complexity index is 946. The van der Waals surface area contributed by atoms with E-state index in [-0.39, 0.29) is 34.4 Å². The fraction of sp³-hybridized carbons (Fsp3) is 0.429. The third kappa shape index (κ3) is 4.85. The predicted octanol–water partition coefficient (Wildman–Crippen LogP) is 3.07. The Labute approximate surface area is 182 Å². The summed E-state index contributed by atoms with van der Waals surface area (Å²) in [5.74, 6) is -0.268. The molecule has 2 atom stereocenters. The zero-order chi connectivity index (χ0) is 21.1. The zero-order valence-corrected chi connectivity index (χ0v) is 18.0. The van der Waals surface area contributed by atoms with E-state index < -0.39 is 6.04 Å². The molecule has 1 aromatic heterocycles. The molecule has 1 saturated heterocycles. The van der Waals surface area contributed by atoms with Gasteiger partial charge >= 0.3 is 0 Å². The minimum Gasteiger partial charge on any atom is -0.323 e. The number of piperidine rings is 1. The molecule has 0 amide bonds. The van der Waals surface area contributed by atoms with Gasteiger partial charge in [-0.2, -0.15) is 0 Å². The van der Waals surface area contributed by atoms with Crippen LogP contribution in [-0.2, 0) is 9.59 Å². The number of benzene rings is 1. The number of likely N-dealkylation sites (tertiary alicyclic amines) is 1. The van der Waals surface area contributed by atoms with Crippen molar-refractivity contribution in [3.63, 3.8) is 0 Å². The van der Waals surface area contributed by atoms with E-state index in [0.29, 0.717) is 25.1 Å². The Morgan fingerprint density at radius 1 is 1.33 bits per heavy atom. The van der Waals surface area contributed by atoms with Crippen molar-refractivity contribution in [2.45, 2.75) is 30.6 Å². The lowest BCUT2D eigenvalue weighted by Crippen LogP contribution is -2.43. The molecule has 2 aliphatic rings. The SMILES string of the molecule is NCC(=O)SC1CCN(C(C(=O)C2CC2)c2ccccc2F)CC1=Cc1csnn1. The predicted molar refractivity (Wildman–Crippen MR) is 116 cm³/mol. The van der Waals surface area contributed by atoms with Crippen molar-refractivity contribution in [2.75, 3.05) is 19.6 Å². The summed E-state index contributed by atoms with van der Waals surface area (Å²) in [5, 5.41) is 5.80. The maximum absolute atomic E-state index is 14.7. The van der Waals surface area contributed by atoms with Crippen LogP contribution in [0.4, 0.5) is 4.39 Å². The van der Waals surface area contributed by atoms with Gasteiger partial charge in [0.25, 0.3) is 0 Å². The summed E-state index contributed by atoms with van der Waals surface area (Å²) in [6.45, 7) is 1.04. The highest BCUT2D eigenvalue weighted by Gasteiger charge is 2.41. The Morgan fingerprint density at radius 3 is 2.80 bits per heavy atom. The molecule has 1 aliphatic heterocycles. The summed E-state index contributed by atoms with van der Waals surface area (Å²) < 4.78 is 18.6. The number of aromatic nitrogens is 2. The molecular formula is C21H23FN4O2S2. The standard InChI is InChI=1S/C21H23FN4O2S2/c22-17-4-2-1-3-16(17)20(21(28)13-5-6-13)26-8-7-18(30-19(27)10-23)14(11-26)9-15-12-29-25-24-15/h1-4,9,12-13,18,20H,5-8,10-11,23H2. The van der Waals surface area contributed by atoms with E-state index in [0.717, 1.165) is 24.1 Å². The number of hydrogen-bond acceptors (Lipinski definition) is 8. The number of ketones is 1. The molecule has 1 saturated carbocycles. The van der Waals surface area contributed by atoms with Crippen LogP contribution in [0.25, 0.3) is 6.08 Å². The van der Waals surface area contributed by atoms with Gasteiger partial charge < -0.3 is 5.73 Å². The number of hydrogen-bond donors (Lipinski definition) is 1. The van der Waals surface area contributed by atoms with Gasteiger partial charge in [-0.25, -0.2) is 4.39 Å². The number of thioether (sulfide) groups is 1. The average Bonchev–Trinajstić information content (AvgIpc) is 3.48. The van der Waals surface area contributed by atoms with E-state index in [4.69, 9.17) is 5.73 Å². The smallest absolute Gasteiger partial charge is 0.203 e. The van der Waals surface area contributed by atoms with Crippen LogP contribution in [-0.4, -0.2) is 50.3 Å². The van der Waals surface area contributed by atoms with Crippen LogP contribution in [0.2, 0.25) is 0 Å². The lowest BCUT2D eigenvalue weighted by Gasteiger charge is -2.38. The first-order valence-electron chi connectivity index (χ1n) is 9.96. The molecule has 2 unspecified atom stereocenters. The summed E-state index contributed by atoms with van der Waals surface area (Å²) in [7, 11) is 0. The summed E-state index contributed by atoms with van der Waals surface area (Å²) in [6.07, 6.45) is 4.34. The molecule has 1 aliphatic carbocycles. The lowest BCUT2D eigenvalue weighted by atomic mass is 9.93. The number of carbonyl (C=O) groups is 2. The molecule has 30 heavy (non-hydrogen) atoms. The molecule has 1 aromatic carbocycles. The van der Waals surface area contributed by atoms with Crippen LogP contribution >= 0.6 is 23.3 Å². The van der Waals surface area contributed by atoms with Gasteiger partial charge in [0.15, 0.2) is 5.78 Å². The second-order valence-corrected chi connectivity index (χ2v) is 9.46. The maximum Gasteiger partial charge on any atom is 0.203 e. The summed E-state index contributed by atoms with van der Waals surface area (Å²) >= 11 is 2.48. The van der Waals surface area contributed by atoms with Crippen molar-refractivity contribution in [3.05, 3.63) is 52.3 Å². The Morgan fingerprint density at radius 2 is 2.13 bits per heavy atom. The number of nitrogens with two attached hydrogens (primary N) is 1. The van der Waals surface area contributed by atoms with Crippen LogP contribution in [0, 0.1) is 11.7 Å². The fourth-order valence-corrected chi connectivity index (χ4v) is 5.17. The second kappa shape index (κ2) is 9.47. The number of nitrogens with zero attached hydrogens (tertiary/aromatic N) is 3. The van der Waals surface area contributed by atoms with Crippen LogP contribution in [0.15, 0.2) is 35.2 Å². The van der Waals surface area contributed by atoms with Crippen LogP contribution in [0.5, 0.6) is 0 Å². The second-order valence-electron chi connectivity index (χ2n) is 7.59. The molecular weight excluding hydrogens is 423 g/mol. The molecule has 2 N–H and O–H groups in total. The molecule has 2 fully saturated rings. The Balaban J connectivity index is 1.64. The van der Waals surface area contributed by atoms with Crippen molar-refractivity contribution >= 4 is 40.3 Å². The first-order valence-corrected chi connectivity index (χ1v) is 11.7. The molecule has 0 bridgehead atoms.